The van der Waals surface area contributed by atoms with E-state index in [0.29, 0.717) is 6.04 Å². The van der Waals surface area contributed by atoms with Crippen molar-refractivity contribution in [2.24, 2.45) is 5.92 Å². The van der Waals surface area contributed by atoms with Gasteiger partial charge in [-0.1, -0.05) is 0 Å². The molecule has 0 bridgehead atoms. The number of anilines is 2. The molecule has 0 spiro atoms. The van der Waals surface area contributed by atoms with E-state index in [1.165, 1.54) is 63.2 Å². The molecule has 2 atom stereocenters. The molecular formula is C18H29N3. The molecule has 3 heteroatoms. The fraction of sp³-hybridized carbons (Fsp3) is 0.667. The predicted octanol–water partition coefficient (Wildman–Crippen LogP) is 3.43. The fourth-order valence-corrected chi connectivity index (χ4v) is 3.74. The van der Waals surface area contributed by atoms with Gasteiger partial charge in [0.25, 0.3) is 0 Å². The number of nitrogens with one attached hydrogen (secondary N) is 1. The highest BCUT2D eigenvalue weighted by molar-refractivity contribution is 5.55. The molecule has 3 rings (SSSR count). The molecule has 0 radical (unpaired) electrons. The van der Waals surface area contributed by atoms with E-state index in [4.69, 9.17) is 0 Å². The summed E-state index contributed by atoms with van der Waals surface area (Å²) in [5.41, 5.74) is 2.64. The van der Waals surface area contributed by atoms with Gasteiger partial charge in [-0.2, -0.15) is 0 Å². The Morgan fingerprint density at radius 1 is 1.05 bits per heavy atom. The summed E-state index contributed by atoms with van der Waals surface area (Å²) in [5, 5.41) is 3.70. The standard InChI is InChI=1S/C18H29N3/c1-15(16-6-5-11-20(2)14-16)19-17-7-9-18(10-8-17)21-12-3-4-13-21/h7-10,15-16,19H,3-6,11-14H2,1-2H3. The van der Waals surface area contributed by atoms with Crippen molar-refractivity contribution in [1.29, 1.82) is 0 Å². The average Bonchev–Trinajstić information content (AvgIpc) is 3.02. The lowest BCUT2D eigenvalue weighted by Crippen LogP contribution is -2.39. The first kappa shape index (κ1) is 14.7. The van der Waals surface area contributed by atoms with E-state index in [1.54, 1.807) is 0 Å². The maximum atomic E-state index is 3.70. The van der Waals surface area contributed by atoms with Gasteiger partial charge in [-0.25, -0.2) is 0 Å². The maximum Gasteiger partial charge on any atom is 0.0367 e. The molecule has 2 heterocycles. The van der Waals surface area contributed by atoms with E-state index in [1.807, 2.05) is 0 Å². The molecule has 1 aromatic rings. The van der Waals surface area contributed by atoms with Crippen LogP contribution >= 0.6 is 0 Å². The predicted molar refractivity (Wildman–Crippen MR) is 91.2 cm³/mol. The number of piperidine rings is 1. The van der Waals surface area contributed by atoms with Crippen LogP contribution in [0.5, 0.6) is 0 Å². The second-order valence-electron chi connectivity index (χ2n) is 6.84. The lowest BCUT2D eigenvalue weighted by Gasteiger charge is -2.34. The first-order valence-electron chi connectivity index (χ1n) is 8.52. The van der Waals surface area contributed by atoms with Crippen LogP contribution in [0.15, 0.2) is 24.3 Å². The van der Waals surface area contributed by atoms with Crippen LogP contribution in [0.1, 0.15) is 32.6 Å². The summed E-state index contributed by atoms with van der Waals surface area (Å²) in [6, 6.07) is 9.58. The Morgan fingerprint density at radius 2 is 1.76 bits per heavy atom. The first-order valence-corrected chi connectivity index (χ1v) is 8.52. The number of hydrogen-bond donors (Lipinski definition) is 1. The van der Waals surface area contributed by atoms with E-state index in [0.717, 1.165) is 5.92 Å². The van der Waals surface area contributed by atoms with Gasteiger partial charge < -0.3 is 15.1 Å². The topological polar surface area (TPSA) is 18.5 Å². The molecule has 0 saturated carbocycles. The third kappa shape index (κ3) is 3.70. The quantitative estimate of drug-likeness (QED) is 0.915. The van der Waals surface area contributed by atoms with Gasteiger partial charge in [0.05, 0.1) is 0 Å². The SMILES string of the molecule is CC(Nc1ccc(N2CCCC2)cc1)C1CCCN(C)C1. The zero-order valence-electron chi connectivity index (χ0n) is 13.5. The number of rotatable bonds is 4. The molecule has 2 unspecified atom stereocenters. The van der Waals surface area contributed by atoms with E-state index in [2.05, 4.69) is 53.4 Å². The van der Waals surface area contributed by atoms with Gasteiger partial charge in [-0.15, -0.1) is 0 Å². The van der Waals surface area contributed by atoms with Crippen LogP contribution in [0.4, 0.5) is 11.4 Å². The van der Waals surface area contributed by atoms with Gasteiger partial charge in [0.1, 0.15) is 0 Å². The molecule has 2 fully saturated rings. The molecule has 1 aromatic carbocycles. The summed E-state index contributed by atoms with van der Waals surface area (Å²) < 4.78 is 0. The highest BCUT2D eigenvalue weighted by atomic mass is 15.1. The second-order valence-corrected chi connectivity index (χ2v) is 6.84. The highest BCUT2D eigenvalue weighted by Gasteiger charge is 2.22. The molecule has 116 valence electrons. The molecular weight excluding hydrogens is 258 g/mol. The van der Waals surface area contributed by atoms with Crippen LogP contribution in [0.3, 0.4) is 0 Å². The van der Waals surface area contributed by atoms with Crippen LogP contribution in [-0.2, 0) is 0 Å². The summed E-state index contributed by atoms with van der Waals surface area (Å²) in [7, 11) is 2.24. The van der Waals surface area contributed by atoms with Crippen molar-refractivity contribution in [3.05, 3.63) is 24.3 Å². The van der Waals surface area contributed by atoms with E-state index in [9.17, 15) is 0 Å². The minimum atomic E-state index is 0.547. The number of hydrogen-bond acceptors (Lipinski definition) is 3. The Balaban J connectivity index is 1.56. The van der Waals surface area contributed by atoms with Gasteiger partial charge in [0.15, 0.2) is 0 Å². The van der Waals surface area contributed by atoms with Crippen molar-refractivity contribution in [3.63, 3.8) is 0 Å². The zero-order valence-corrected chi connectivity index (χ0v) is 13.5. The summed E-state index contributed by atoms with van der Waals surface area (Å²) in [6.45, 7) is 7.25. The fourth-order valence-electron chi connectivity index (χ4n) is 3.74. The zero-order chi connectivity index (χ0) is 14.7. The van der Waals surface area contributed by atoms with Crippen LogP contribution in [0, 0.1) is 5.92 Å². The van der Waals surface area contributed by atoms with Crippen LogP contribution in [0.2, 0.25) is 0 Å². The van der Waals surface area contributed by atoms with Crippen LogP contribution in [-0.4, -0.2) is 44.2 Å². The summed E-state index contributed by atoms with van der Waals surface area (Å²) >= 11 is 0. The molecule has 21 heavy (non-hydrogen) atoms. The molecule has 2 aliphatic heterocycles. The Hall–Kier alpha value is -1.22. The van der Waals surface area contributed by atoms with Gasteiger partial charge in [-0.3, -0.25) is 0 Å². The number of likely N-dealkylation sites (tertiary alicyclic amines) is 1. The smallest absolute Gasteiger partial charge is 0.0367 e. The lowest BCUT2D eigenvalue weighted by atomic mass is 9.92. The molecule has 0 amide bonds. The van der Waals surface area contributed by atoms with Crippen molar-refractivity contribution in [2.45, 2.75) is 38.6 Å². The lowest BCUT2D eigenvalue weighted by molar-refractivity contribution is 0.197. The number of benzene rings is 1. The van der Waals surface area contributed by atoms with Crippen molar-refractivity contribution < 1.29 is 0 Å². The van der Waals surface area contributed by atoms with Gasteiger partial charge in [0.2, 0.25) is 0 Å². The van der Waals surface area contributed by atoms with Gasteiger partial charge in [-0.05, 0) is 76.4 Å². The Bertz CT molecular complexity index is 436. The monoisotopic (exact) mass is 287 g/mol. The van der Waals surface area contributed by atoms with E-state index >= 15 is 0 Å². The van der Waals surface area contributed by atoms with Gasteiger partial charge >= 0.3 is 0 Å². The Kier molecular flexibility index (Phi) is 4.69. The van der Waals surface area contributed by atoms with E-state index < -0.39 is 0 Å². The minimum Gasteiger partial charge on any atom is -0.382 e. The molecule has 2 aliphatic rings. The normalized spacial score (nSPS) is 25.0. The van der Waals surface area contributed by atoms with Crippen LogP contribution in [0.25, 0.3) is 0 Å². The van der Waals surface area contributed by atoms with Crippen molar-refractivity contribution in [3.8, 4) is 0 Å². The molecule has 2 saturated heterocycles. The summed E-state index contributed by atoms with van der Waals surface area (Å²) in [4.78, 5) is 4.95. The molecule has 0 aliphatic carbocycles. The highest BCUT2D eigenvalue weighted by Crippen LogP contribution is 2.25. The van der Waals surface area contributed by atoms with Gasteiger partial charge in [0, 0.05) is 37.1 Å². The minimum absolute atomic E-state index is 0.547. The largest absolute Gasteiger partial charge is 0.382 e. The van der Waals surface area contributed by atoms with Crippen LogP contribution < -0.4 is 10.2 Å². The molecule has 0 aromatic heterocycles. The first-order chi connectivity index (χ1) is 10.2. The van der Waals surface area contributed by atoms with Crippen molar-refractivity contribution >= 4 is 11.4 Å². The summed E-state index contributed by atoms with van der Waals surface area (Å²) in [5.74, 6) is 0.766. The maximum absolute atomic E-state index is 3.70. The van der Waals surface area contributed by atoms with Crippen molar-refractivity contribution in [1.82, 2.24) is 4.90 Å². The second kappa shape index (κ2) is 6.69. The number of nitrogens with zero attached hydrogens (tertiary/aromatic N) is 2. The molecule has 1 N–H and O–H groups in total. The Morgan fingerprint density at radius 3 is 2.43 bits per heavy atom. The average molecular weight is 287 g/mol. The third-order valence-electron chi connectivity index (χ3n) is 5.10. The van der Waals surface area contributed by atoms with E-state index in [-0.39, 0.29) is 0 Å². The third-order valence-corrected chi connectivity index (χ3v) is 5.10. The summed E-state index contributed by atoms with van der Waals surface area (Å²) in [6.07, 6.45) is 5.36. The molecule has 3 nitrogen and oxygen atoms in total. The van der Waals surface area contributed by atoms with Crippen molar-refractivity contribution in [2.75, 3.05) is 43.4 Å². The Labute approximate surface area is 129 Å².